The fraction of sp³-hybridized carbons (Fsp3) is 0.125. The predicted octanol–water partition coefficient (Wildman–Crippen LogP) is 4.69. The van der Waals surface area contributed by atoms with Crippen molar-refractivity contribution in [1.29, 1.82) is 0 Å². The van der Waals surface area contributed by atoms with Crippen molar-refractivity contribution in [3.05, 3.63) is 88.0 Å². The lowest BCUT2D eigenvalue weighted by molar-refractivity contribution is -0.116. The Morgan fingerprint density at radius 1 is 1.16 bits per heavy atom. The average Bonchev–Trinajstić information content (AvgIpc) is 3.50. The first kappa shape index (κ1) is 19.3. The molecule has 1 atom stereocenters. The van der Waals surface area contributed by atoms with Crippen molar-refractivity contribution in [2.75, 3.05) is 0 Å². The van der Waals surface area contributed by atoms with Gasteiger partial charge >= 0.3 is 0 Å². The zero-order valence-corrected chi connectivity index (χ0v) is 17.9. The number of aryl methyl sites for hydroxylation is 1. The van der Waals surface area contributed by atoms with Crippen molar-refractivity contribution in [2.24, 2.45) is 12.1 Å². The Morgan fingerprint density at radius 2 is 2.00 bits per heavy atom. The number of hydrazone groups is 1. The first-order chi connectivity index (χ1) is 15.1. The molecule has 6 nitrogen and oxygen atoms in total. The molecule has 0 radical (unpaired) electrons. The highest BCUT2D eigenvalue weighted by atomic mass is 32.1. The molecule has 0 saturated heterocycles. The highest BCUT2D eigenvalue weighted by Crippen LogP contribution is 2.35. The first-order valence-electron chi connectivity index (χ1n) is 9.91. The van der Waals surface area contributed by atoms with E-state index in [2.05, 4.69) is 27.6 Å². The van der Waals surface area contributed by atoms with Gasteiger partial charge in [-0.2, -0.15) is 5.10 Å². The molecule has 4 aromatic rings. The number of hydrogen-bond donors (Lipinski definition) is 1. The summed E-state index contributed by atoms with van der Waals surface area (Å²) in [7, 11) is 1.99. The topological polar surface area (TPSA) is 68.5 Å². The second kappa shape index (κ2) is 7.85. The lowest BCUT2D eigenvalue weighted by Gasteiger charge is -2.16. The molecule has 154 valence electrons. The maximum atomic E-state index is 12.5. The summed E-state index contributed by atoms with van der Waals surface area (Å²) in [5.74, 6) is 0.533. The van der Waals surface area contributed by atoms with Crippen LogP contribution in [0.4, 0.5) is 0 Å². The number of fused-ring (bicyclic) bond motifs is 1. The van der Waals surface area contributed by atoms with Gasteiger partial charge in [0.15, 0.2) is 0 Å². The van der Waals surface area contributed by atoms with Gasteiger partial charge in [-0.3, -0.25) is 4.79 Å². The highest BCUT2D eigenvalue weighted by molar-refractivity contribution is 7.12. The number of carbonyl (C=O) groups excluding carboxylic acids is 1. The molecule has 3 heterocycles. The molecule has 5 rings (SSSR count). The van der Waals surface area contributed by atoms with Crippen LogP contribution in [0.25, 0.3) is 17.0 Å². The van der Waals surface area contributed by atoms with Gasteiger partial charge in [0, 0.05) is 35.8 Å². The highest BCUT2D eigenvalue weighted by Gasteiger charge is 2.26. The average molecular weight is 429 g/mol. The number of carbonyl (C=O) groups is 1. The van der Waals surface area contributed by atoms with Crippen LogP contribution in [0.1, 0.15) is 29.2 Å². The molecule has 0 spiro atoms. The third-order valence-electron chi connectivity index (χ3n) is 5.28. The number of amides is 1. The van der Waals surface area contributed by atoms with Gasteiger partial charge in [0.2, 0.25) is 0 Å². The van der Waals surface area contributed by atoms with Gasteiger partial charge in [-0.25, -0.2) is 10.4 Å². The molecule has 31 heavy (non-hydrogen) atoms. The number of benzene rings is 2. The van der Waals surface area contributed by atoms with Crippen LogP contribution in [0.15, 0.2) is 77.0 Å². The van der Waals surface area contributed by atoms with Gasteiger partial charge < -0.3 is 9.30 Å². The van der Waals surface area contributed by atoms with Gasteiger partial charge in [0.25, 0.3) is 5.91 Å². The lowest BCUT2D eigenvalue weighted by atomic mass is 10.1. The van der Waals surface area contributed by atoms with Gasteiger partial charge in [0.05, 0.1) is 11.1 Å². The number of ether oxygens (including phenoxy) is 1. The van der Waals surface area contributed by atoms with E-state index in [1.165, 1.54) is 11.3 Å². The molecule has 1 amide bonds. The largest absolute Gasteiger partial charge is 0.485 e. The zero-order valence-electron chi connectivity index (χ0n) is 17.1. The Morgan fingerprint density at radius 3 is 2.77 bits per heavy atom. The standard InChI is InChI=1S/C24H20N4O2S/c1-15(16-7-4-3-5-8-16)30-20-10-6-9-19-21(20)17(14-28(19)2)13-18-22(26-27-23(18)29)24-25-11-12-31-24/h3-15H,1-2H3,(H,27,29)/b18-13-. The Labute approximate surface area is 183 Å². The van der Waals surface area contributed by atoms with Gasteiger partial charge in [-0.05, 0) is 30.7 Å². The van der Waals surface area contributed by atoms with Crippen molar-refractivity contribution in [3.8, 4) is 5.75 Å². The van der Waals surface area contributed by atoms with Crippen molar-refractivity contribution < 1.29 is 9.53 Å². The maximum absolute atomic E-state index is 12.5. The number of rotatable bonds is 5. The molecular formula is C24H20N4O2S. The number of thiazole rings is 1. The van der Waals surface area contributed by atoms with Crippen LogP contribution in [-0.2, 0) is 11.8 Å². The molecular weight excluding hydrogens is 408 g/mol. The smallest absolute Gasteiger partial charge is 0.273 e. The van der Waals surface area contributed by atoms with E-state index < -0.39 is 0 Å². The quantitative estimate of drug-likeness (QED) is 0.469. The predicted molar refractivity (Wildman–Crippen MR) is 123 cm³/mol. The molecule has 2 aromatic carbocycles. The molecule has 0 saturated carbocycles. The van der Waals surface area contributed by atoms with Gasteiger partial charge in [0.1, 0.15) is 22.6 Å². The van der Waals surface area contributed by atoms with E-state index in [-0.39, 0.29) is 12.0 Å². The summed E-state index contributed by atoms with van der Waals surface area (Å²) < 4.78 is 8.41. The normalized spacial score (nSPS) is 15.9. The minimum atomic E-state index is -0.238. The van der Waals surface area contributed by atoms with Gasteiger partial charge in [-0.15, -0.1) is 11.3 Å². The van der Waals surface area contributed by atoms with E-state index in [0.717, 1.165) is 27.8 Å². The summed E-state index contributed by atoms with van der Waals surface area (Å²) in [5, 5.41) is 7.73. The van der Waals surface area contributed by atoms with E-state index in [9.17, 15) is 4.79 Å². The van der Waals surface area contributed by atoms with Crippen LogP contribution in [-0.4, -0.2) is 21.2 Å². The minimum Gasteiger partial charge on any atom is -0.485 e. The lowest BCUT2D eigenvalue weighted by Crippen LogP contribution is -2.13. The minimum absolute atomic E-state index is 0.116. The Hall–Kier alpha value is -3.71. The van der Waals surface area contributed by atoms with Crippen molar-refractivity contribution in [1.82, 2.24) is 15.0 Å². The number of hydrogen-bond acceptors (Lipinski definition) is 5. The third-order valence-corrected chi connectivity index (χ3v) is 6.06. The summed E-state index contributed by atoms with van der Waals surface area (Å²) in [4.78, 5) is 16.8. The number of nitrogens with one attached hydrogen (secondary N) is 1. The first-order valence-corrected chi connectivity index (χ1v) is 10.8. The van der Waals surface area contributed by atoms with Crippen molar-refractivity contribution in [2.45, 2.75) is 13.0 Å². The van der Waals surface area contributed by atoms with Crippen molar-refractivity contribution >= 4 is 39.9 Å². The van der Waals surface area contributed by atoms with Crippen LogP contribution < -0.4 is 10.2 Å². The molecule has 1 N–H and O–H groups in total. The van der Waals surface area contributed by atoms with E-state index in [4.69, 9.17) is 4.74 Å². The summed E-state index contributed by atoms with van der Waals surface area (Å²) in [5.41, 5.74) is 6.64. The summed E-state index contributed by atoms with van der Waals surface area (Å²) in [6.45, 7) is 2.03. The van der Waals surface area contributed by atoms with Crippen molar-refractivity contribution in [3.63, 3.8) is 0 Å². The number of nitrogens with zero attached hydrogens (tertiary/aromatic N) is 3. The fourth-order valence-electron chi connectivity index (χ4n) is 3.76. The maximum Gasteiger partial charge on any atom is 0.273 e. The van der Waals surface area contributed by atoms with E-state index in [1.807, 2.05) is 72.6 Å². The zero-order chi connectivity index (χ0) is 21.4. The van der Waals surface area contributed by atoms with Crippen LogP contribution in [0.5, 0.6) is 5.75 Å². The summed E-state index contributed by atoms with van der Waals surface area (Å²) in [6.07, 6.45) is 5.46. The molecule has 0 fully saturated rings. The fourth-order valence-corrected chi connectivity index (χ4v) is 4.40. The molecule has 1 unspecified atom stereocenters. The third kappa shape index (κ3) is 3.53. The molecule has 7 heteroatoms. The van der Waals surface area contributed by atoms with Crippen LogP contribution in [0, 0.1) is 0 Å². The summed E-state index contributed by atoms with van der Waals surface area (Å²) >= 11 is 1.45. The van der Waals surface area contributed by atoms with E-state index in [1.54, 1.807) is 6.20 Å². The number of aromatic nitrogens is 2. The van der Waals surface area contributed by atoms with Crippen LogP contribution in [0.2, 0.25) is 0 Å². The Balaban J connectivity index is 1.59. The van der Waals surface area contributed by atoms with E-state index >= 15 is 0 Å². The molecule has 1 aliphatic rings. The molecule has 0 bridgehead atoms. The molecule has 2 aromatic heterocycles. The van der Waals surface area contributed by atoms with E-state index in [0.29, 0.717) is 16.3 Å². The second-order valence-electron chi connectivity index (χ2n) is 7.31. The SMILES string of the molecule is CC(Oc1cccc2c1c(/C=C1\C(=O)NN=C1c1nccs1)cn2C)c1ccccc1. The Bertz CT molecular complexity index is 1320. The summed E-state index contributed by atoms with van der Waals surface area (Å²) in [6, 6.07) is 16.1. The van der Waals surface area contributed by atoms with Crippen LogP contribution >= 0.6 is 11.3 Å². The second-order valence-corrected chi connectivity index (χ2v) is 8.21. The monoisotopic (exact) mass is 428 g/mol. The Kier molecular flexibility index (Phi) is 4.88. The molecule has 0 aliphatic carbocycles. The molecule has 1 aliphatic heterocycles. The van der Waals surface area contributed by atoms with Crippen LogP contribution in [0.3, 0.4) is 0 Å². The van der Waals surface area contributed by atoms with Gasteiger partial charge in [-0.1, -0.05) is 36.4 Å².